The molecule has 2 aromatic rings. The largest absolute Gasteiger partial charge is 0.444 e. The molecule has 0 aliphatic rings. The normalized spacial score (nSPS) is 10.0. The van der Waals surface area contributed by atoms with Gasteiger partial charge in [-0.05, 0) is 45.0 Å². The molecule has 112 valence electrons. The van der Waals surface area contributed by atoms with Crippen LogP contribution in [0.15, 0.2) is 49.1 Å². The molecule has 0 spiro atoms. The molecule has 0 atom stereocenters. The summed E-state index contributed by atoms with van der Waals surface area (Å²) in [5.74, 6) is 0. The number of carbonyl (C=O) groups is 1. The first-order valence-electron chi connectivity index (χ1n) is 6.42. The van der Waals surface area contributed by atoms with Gasteiger partial charge in [0.1, 0.15) is 5.60 Å². The Hall–Kier alpha value is -2.63. The summed E-state index contributed by atoms with van der Waals surface area (Å²) in [6.45, 7) is 5.45. The van der Waals surface area contributed by atoms with E-state index in [-0.39, 0.29) is 0 Å². The molecule has 0 radical (unpaired) electrons. The quantitative estimate of drug-likeness (QED) is 0.841. The van der Waals surface area contributed by atoms with Crippen molar-refractivity contribution >= 4 is 17.5 Å². The van der Waals surface area contributed by atoms with Crippen LogP contribution in [0, 0.1) is 0 Å². The first-order chi connectivity index (χ1) is 9.87. The van der Waals surface area contributed by atoms with Crippen LogP contribution in [0.5, 0.6) is 0 Å². The zero-order valence-electron chi connectivity index (χ0n) is 12.4. The molecule has 2 rings (SSSR count). The Morgan fingerprint density at radius 2 is 1.76 bits per heavy atom. The topological polar surface area (TPSA) is 90.1 Å². The van der Waals surface area contributed by atoms with Crippen molar-refractivity contribution < 1.29 is 9.53 Å². The van der Waals surface area contributed by atoms with Crippen molar-refractivity contribution in [2.45, 2.75) is 26.4 Å². The zero-order valence-corrected chi connectivity index (χ0v) is 12.4. The Labute approximate surface area is 124 Å². The predicted molar refractivity (Wildman–Crippen MR) is 82.7 cm³/mol. The molecule has 21 heavy (non-hydrogen) atoms. The van der Waals surface area contributed by atoms with Crippen molar-refractivity contribution in [2.24, 2.45) is 0 Å². The van der Waals surface area contributed by atoms with E-state index in [4.69, 9.17) is 10.5 Å². The van der Waals surface area contributed by atoms with Crippen LogP contribution in [0.25, 0.3) is 0 Å². The molecule has 0 aromatic carbocycles. The van der Waals surface area contributed by atoms with Gasteiger partial charge in [-0.1, -0.05) is 0 Å². The predicted octanol–water partition coefficient (Wildman–Crippen LogP) is 3.09. The standard InChI is InChI=1S/C10H14N2O2.C5H6N2/c1-10(2,3)14-9(13)12-8-5-4-6-11-7-8;6-5-2-1-3-7-4-5/h4-7H,1-3H3,(H,12,13);1-4H,6H2. The molecule has 0 saturated heterocycles. The van der Waals surface area contributed by atoms with Gasteiger partial charge in [-0.25, -0.2) is 4.79 Å². The van der Waals surface area contributed by atoms with Gasteiger partial charge in [-0.15, -0.1) is 0 Å². The number of ether oxygens (including phenoxy) is 1. The van der Waals surface area contributed by atoms with Crippen molar-refractivity contribution in [2.75, 3.05) is 11.1 Å². The molecule has 0 unspecified atom stereocenters. The first kappa shape index (κ1) is 16.4. The number of hydrogen-bond acceptors (Lipinski definition) is 5. The number of amides is 1. The Balaban J connectivity index is 0.000000262. The summed E-state index contributed by atoms with van der Waals surface area (Å²) in [5.41, 5.74) is 6.15. The number of hydrogen-bond donors (Lipinski definition) is 2. The molecular weight excluding hydrogens is 268 g/mol. The van der Waals surface area contributed by atoms with E-state index in [0.29, 0.717) is 11.4 Å². The fourth-order valence-corrected chi connectivity index (χ4v) is 1.23. The lowest BCUT2D eigenvalue weighted by Gasteiger charge is -2.19. The van der Waals surface area contributed by atoms with Crippen LogP contribution < -0.4 is 11.1 Å². The van der Waals surface area contributed by atoms with Crippen LogP contribution in [0.2, 0.25) is 0 Å². The van der Waals surface area contributed by atoms with Gasteiger partial charge in [0.2, 0.25) is 0 Å². The molecule has 2 heterocycles. The Morgan fingerprint density at radius 1 is 1.14 bits per heavy atom. The summed E-state index contributed by atoms with van der Waals surface area (Å²) in [4.78, 5) is 18.9. The highest BCUT2D eigenvalue weighted by atomic mass is 16.6. The second kappa shape index (κ2) is 7.84. The van der Waals surface area contributed by atoms with E-state index in [1.807, 2.05) is 20.8 Å². The monoisotopic (exact) mass is 288 g/mol. The first-order valence-corrected chi connectivity index (χ1v) is 6.42. The van der Waals surface area contributed by atoms with Gasteiger partial charge in [0.05, 0.1) is 17.6 Å². The van der Waals surface area contributed by atoms with Crippen molar-refractivity contribution in [3.05, 3.63) is 49.1 Å². The van der Waals surface area contributed by atoms with Crippen molar-refractivity contribution in [3.63, 3.8) is 0 Å². The molecule has 6 nitrogen and oxygen atoms in total. The number of nitrogens with two attached hydrogens (primary N) is 1. The molecule has 0 aliphatic carbocycles. The van der Waals surface area contributed by atoms with Gasteiger partial charge in [-0.3, -0.25) is 15.3 Å². The fraction of sp³-hybridized carbons (Fsp3) is 0.267. The highest BCUT2D eigenvalue weighted by Gasteiger charge is 2.15. The lowest BCUT2D eigenvalue weighted by atomic mass is 10.2. The van der Waals surface area contributed by atoms with Gasteiger partial charge in [0.15, 0.2) is 0 Å². The third kappa shape index (κ3) is 8.20. The molecule has 6 heteroatoms. The van der Waals surface area contributed by atoms with Gasteiger partial charge in [0.25, 0.3) is 0 Å². The molecule has 0 bridgehead atoms. The van der Waals surface area contributed by atoms with Crippen LogP contribution in [0.3, 0.4) is 0 Å². The van der Waals surface area contributed by atoms with Gasteiger partial charge >= 0.3 is 6.09 Å². The average molecular weight is 288 g/mol. The van der Waals surface area contributed by atoms with E-state index >= 15 is 0 Å². The fourth-order valence-electron chi connectivity index (χ4n) is 1.23. The summed E-state index contributed by atoms with van der Waals surface area (Å²) >= 11 is 0. The summed E-state index contributed by atoms with van der Waals surface area (Å²) in [7, 11) is 0. The van der Waals surface area contributed by atoms with E-state index in [1.165, 1.54) is 0 Å². The van der Waals surface area contributed by atoms with Gasteiger partial charge < -0.3 is 10.5 Å². The minimum Gasteiger partial charge on any atom is -0.444 e. The number of aromatic nitrogens is 2. The van der Waals surface area contributed by atoms with Crippen LogP contribution in [0.1, 0.15) is 20.8 Å². The smallest absolute Gasteiger partial charge is 0.412 e. The highest BCUT2D eigenvalue weighted by Crippen LogP contribution is 2.10. The number of nitrogens with zero attached hydrogens (tertiary/aromatic N) is 2. The Morgan fingerprint density at radius 3 is 2.14 bits per heavy atom. The van der Waals surface area contributed by atoms with Crippen LogP contribution in [-0.4, -0.2) is 21.7 Å². The summed E-state index contributed by atoms with van der Waals surface area (Å²) in [6.07, 6.45) is 6.03. The third-order valence-electron chi connectivity index (χ3n) is 1.99. The second-order valence-corrected chi connectivity index (χ2v) is 5.15. The maximum absolute atomic E-state index is 11.3. The zero-order chi connectivity index (χ0) is 15.7. The molecular formula is C15H20N4O2. The SMILES string of the molecule is CC(C)(C)OC(=O)Nc1cccnc1.Nc1cccnc1. The number of anilines is 2. The number of rotatable bonds is 1. The summed E-state index contributed by atoms with van der Waals surface area (Å²) in [6, 6.07) is 7.09. The molecule has 0 saturated carbocycles. The summed E-state index contributed by atoms with van der Waals surface area (Å²) in [5, 5.41) is 2.57. The average Bonchev–Trinajstić information content (AvgIpc) is 2.39. The highest BCUT2D eigenvalue weighted by molar-refractivity contribution is 5.84. The van der Waals surface area contributed by atoms with Crippen molar-refractivity contribution in [1.29, 1.82) is 0 Å². The van der Waals surface area contributed by atoms with E-state index < -0.39 is 11.7 Å². The Kier molecular flexibility index (Phi) is 6.13. The number of pyridine rings is 2. The Bertz CT molecular complexity index is 539. The van der Waals surface area contributed by atoms with E-state index in [2.05, 4.69) is 15.3 Å². The molecule has 2 aromatic heterocycles. The molecule has 1 amide bonds. The lowest BCUT2D eigenvalue weighted by molar-refractivity contribution is 0.0636. The summed E-state index contributed by atoms with van der Waals surface area (Å²) < 4.78 is 5.06. The number of nitrogens with one attached hydrogen (secondary N) is 1. The maximum atomic E-state index is 11.3. The number of carbonyl (C=O) groups excluding carboxylic acids is 1. The molecule has 0 aliphatic heterocycles. The minimum absolute atomic E-state index is 0.467. The molecule has 0 fully saturated rings. The van der Waals surface area contributed by atoms with Crippen LogP contribution >= 0.6 is 0 Å². The molecule has 3 N–H and O–H groups in total. The van der Waals surface area contributed by atoms with Crippen LogP contribution in [-0.2, 0) is 4.74 Å². The number of nitrogen functional groups attached to an aromatic ring is 1. The maximum Gasteiger partial charge on any atom is 0.412 e. The second-order valence-electron chi connectivity index (χ2n) is 5.15. The van der Waals surface area contributed by atoms with Crippen LogP contribution in [0.4, 0.5) is 16.2 Å². The van der Waals surface area contributed by atoms with E-state index in [9.17, 15) is 4.79 Å². The third-order valence-corrected chi connectivity index (χ3v) is 1.99. The van der Waals surface area contributed by atoms with Crippen molar-refractivity contribution in [3.8, 4) is 0 Å². The van der Waals surface area contributed by atoms with Gasteiger partial charge in [-0.2, -0.15) is 0 Å². The minimum atomic E-state index is -0.480. The van der Waals surface area contributed by atoms with E-state index in [1.54, 1.807) is 49.1 Å². The van der Waals surface area contributed by atoms with Gasteiger partial charge in [0, 0.05) is 18.6 Å². The van der Waals surface area contributed by atoms with E-state index in [0.717, 1.165) is 0 Å². The lowest BCUT2D eigenvalue weighted by Crippen LogP contribution is -2.27. The van der Waals surface area contributed by atoms with Crippen molar-refractivity contribution in [1.82, 2.24) is 9.97 Å².